The minimum Gasteiger partial charge on any atom is -0.507 e. The molecule has 4 rings (SSSR count). The number of phenolic OH excluding ortho intramolecular Hbond substituents is 1. The minimum atomic E-state index is -4.46. The average Bonchev–Trinajstić information content (AvgIpc) is 2.79. The highest BCUT2D eigenvalue weighted by Gasteiger charge is 2.30. The zero-order valence-electron chi connectivity index (χ0n) is 17.8. The zero-order valence-corrected chi connectivity index (χ0v) is 17.8. The van der Waals surface area contributed by atoms with Gasteiger partial charge in [0.25, 0.3) is 5.56 Å². The van der Waals surface area contributed by atoms with Crippen LogP contribution in [-0.4, -0.2) is 14.7 Å². The van der Waals surface area contributed by atoms with Crippen molar-refractivity contribution in [3.8, 4) is 28.3 Å². The van der Waals surface area contributed by atoms with Gasteiger partial charge >= 0.3 is 6.18 Å². The number of phenols is 1. The van der Waals surface area contributed by atoms with Gasteiger partial charge in [0, 0.05) is 6.54 Å². The Kier molecular flexibility index (Phi) is 6.05. The molecule has 0 amide bonds. The summed E-state index contributed by atoms with van der Waals surface area (Å²) in [6, 6.07) is 20.7. The molecule has 0 spiro atoms. The van der Waals surface area contributed by atoms with Crippen molar-refractivity contribution in [3.63, 3.8) is 0 Å². The Balaban J connectivity index is 1.85. The highest BCUT2D eigenvalue weighted by molar-refractivity contribution is 5.69. The molecule has 7 heteroatoms. The first-order valence-corrected chi connectivity index (χ1v) is 10.4. The molecule has 1 aromatic heterocycles. The van der Waals surface area contributed by atoms with E-state index in [-0.39, 0.29) is 23.4 Å². The first-order valence-electron chi connectivity index (χ1n) is 10.4. The number of benzene rings is 3. The van der Waals surface area contributed by atoms with Crippen LogP contribution in [0.2, 0.25) is 0 Å². The monoisotopic (exact) mass is 450 g/mol. The zero-order chi connectivity index (χ0) is 23.6. The third kappa shape index (κ3) is 4.67. The maximum absolute atomic E-state index is 13.6. The van der Waals surface area contributed by atoms with E-state index in [1.165, 1.54) is 22.8 Å². The summed E-state index contributed by atoms with van der Waals surface area (Å²) in [5, 5.41) is 10.4. The fourth-order valence-electron chi connectivity index (χ4n) is 3.78. The van der Waals surface area contributed by atoms with Gasteiger partial charge in [0.05, 0.1) is 22.4 Å². The summed E-state index contributed by atoms with van der Waals surface area (Å²) in [5.74, 6) is 0.293. The minimum absolute atomic E-state index is 0.0143. The standard InChI is InChI=1S/C26H21F3N2O2/c1-17-23(19-11-13-20(14-12-19)26(27,28)29)25(33)31(16-15-18-7-3-2-4-8-18)24(30-17)21-9-5-6-10-22(21)32/h2-14,32H,15-16H2,1H3. The summed E-state index contributed by atoms with van der Waals surface area (Å²) in [5.41, 5.74) is 1.22. The van der Waals surface area contributed by atoms with Crippen LogP contribution in [0.4, 0.5) is 13.2 Å². The Bertz CT molecular complexity index is 1330. The number of alkyl halides is 3. The van der Waals surface area contributed by atoms with Crippen molar-refractivity contribution in [2.24, 2.45) is 0 Å². The maximum Gasteiger partial charge on any atom is 0.416 e. The second-order valence-corrected chi connectivity index (χ2v) is 7.68. The van der Waals surface area contributed by atoms with Crippen LogP contribution in [0.5, 0.6) is 5.75 Å². The topological polar surface area (TPSA) is 55.1 Å². The molecule has 4 nitrogen and oxygen atoms in total. The van der Waals surface area contributed by atoms with E-state index < -0.39 is 11.7 Å². The third-order valence-corrected chi connectivity index (χ3v) is 5.46. The van der Waals surface area contributed by atoms with E-state index in [0.29, 0.717) is 29.1 Å². The summed E-state index contributed by atoms with van der Waals surface area (Å²) in [7, 11) is 0. The second-order valence-electron chi connectivity index (χ2n) is 7.68. The van der Waals surface area contributed by atoms with Gasteiger partial charge in [-0.1, -0.05) is 54.6 Å². The van der Waals surface area contributed by atoms with Gasteiger partial charge in [0.2, 0.25) is 0 Å². The van der Waals surface area contributed by atoms with Crippen LogP contribution in [-0.2, 0) is 19.1 Å². The number of aromatic nitrogens is 2. The van der Waals surface area contributed by atoms with E-state index in [1.807, 2.05) is 30.3 Å². The van der Waals surface area contributed by atoms with Gasteiger partial charge in [-0.3, -0.25) is 9.36 Å². The Morgan fingerprint density at radius 3 is 2.18 bits per heavy atom. The van der Waals surface area contributed by atoms with E-state index in [9.17, 15) is 23.1 Å². The molecule has 0 aliphatic carbocycles. The summed E-state index contributed by atoms with van der Waals surface area (Å²) in [4.78, 5) is 18.2. The van der Waals surface area contributed by atoms with E-state index in [0.717, 1.165) is 17.7 Å². The lowest BCUT2D eigenvalue weighted by Crippen LogP contribution is -2.27. The number of rotatable bonds is 5. The number of aryl methyl sites for hydroxylation is 2. The van der Waals surface area contributed by atoms with Crippen molar-refractivity contribution in [1.29, 1.82) is 0 Å². The summed E-state index contributed by atoms with van der Waals surface area (Å²) >= 11 is 0. The van der Waals surface area contributed by atoms with Gasteiger partial charge in [-0.25, -0.2) is 4.98 Å². The lowest BCUT2D eigenvalue weighted by molar-refractivity contribution is -0.137. The van der Waals surface area contributed by atoms with Crippen molar-refractivity contribution in [3.05, 3.63) is 106 Å². The molecule has 0 aliphatic rings. The highest BCUT2D eigenvalue weighted by atomic mass is 19.4. The highest BCUT2D eigenvalue weighted by Crippen LogP contribution is 2.32. The lowest BCUT2D eigenvalue weighted by Gasteiger charge is -2.17. The van der Waals surface area contributed by atoms with E-state index in [1.54, 1.807) is 25.1 Å². The van der Waals surface area contributed by atoms with Gasteiger partial charge in [-0.15, -0.1) is 0 Å². The molecule has 0 aliphatic heterocycles. The van der Waals surface area contributed by atoms with Crippen LogP contribution in [0.25, 0.3) is 22.5 Å². The summed E-state index contributed by atoms with van der Waals surface area (Å²) < 4.78 is 40.4. The number of hydrogen-bond acceptors (Lipinski definition) is 3. The number of aromatic hydroxyl groups is 1. The molecule has 33 heavy (non-hydrogen) atoms. The van der Waals surface area contributed by atoms with E-state index in [4.69, 9.17) is 0 Å². The molecule has 0 radical (unpaired) electrons. The molecule has 0 bridgehead atoms. The molecular formula is C26H21F3N2O2. The van der Waals surface area contributed by atoms with Crippen LogP contribution < -0.4 is 5.56 Å². The molecule has 0 unspecified atom stereocenters. The van der Waals surface area contributed by atoms with Crippen molar-refractivity contribution < 1.29 is 18.3 Å². The normalized spacial score (nSPS) is 11.5. The molecule has 1 N–H and O–H groups in total. The molecule has 0 atom stereocenters. The van der Waals surface area contributed by atoms with Crippen molar-refractivity contribution in [1.82, 2.24) is 9.55 Å². The largest absolute Gasteiger partial charge is 0.507 e. The summed E-state index contributed by atoms with van der Waals surface area (Å²) in [6.07, 6.45) is -3.92. The predicted octanol–water partition coefficient (Wildman–Crippen LogP) is 5.85. The smallest absolute Gasteiger partial charge is 0.416 e. The molecule has 168 valence electrons. The fourth-order valence-corrected chi connectivity index (χ4v) is 3.78. The van der Waals surface area contributed by atoms with Gasteiger partial charge in [0.1, 0.15) is 11.6 Å². The predicted molar refractivity (Wildman–Crippen MR) is 121 cm³/mol. The van der Waals surface area contributed by atoms with Crippen molar-refractivity contribution in [2.75, 3.05) is 0 Å². The Hall–Kier alpha value is -3.87. The first-order chi connectivity index (χ1) is 15.8. The van der Waals surface area contributed by atoms with Crippen LogP contribution >= 0.6 is 0 Å². The fraction of sp³-hybridized carbons (Fsp3) is 0.154. The molecule has 3 aromatic carbocycles. The first kappa shape index (κ1) is 22.3. The van der Waals surface area contributed by atoms with Crippen LogP contribution in [0.15, 0.2) is 83.7 Å². The van der Waals surface area contributed by atoms with Gasteiger partial charge in [-0.05, 0) is 48.7 Å². The molecule has 4 aromatic rings. The summed E-state index contributed by atoms with van der Waals surface area (Å²) in [6.45, 7) is 1.92. The van der Waals surface area contributed by atoms with Crippen LogP contribution in [0.1, 0.15) is 16.8 Å². The maximum atomic E-state index is 13.6. The SMILES string of the molecule is Cc1nc(-c2ccccc2O)n(CCc2ccccc2)c(=O)c1-c1ccc(C(F)(F)F)cc1. The Morgan fingerprint density at radius 1 is 0.909 bits per heavy atom. The quantitative estimate of drug-likeness (QED) is 0.415. The molecule has 0 saturated carbocycles. The number of halogens is 3. The van der Waals surface area contributed by atoms with Crippen molar-refractivity contribution >= 4 is 0 Å². The van der Waals surface area contributed by atoms with Gasteiger partial charge in [-0.2, -0.15) is 13.2 Å². The molecule has 0 fully saturated rings. The van der Waals surface area contributed by atoms with Gasteiger partial charge < -0.3 is 5.11 Å². The van der Waals surface area contributed by atoms with Gasteiger partial charge in [0.15, 0.2) is 0 Å². The van der Waals surface area contributed by atoms with E-state index in [2.05, 4.69) is 4.98 Å². The molecule has 0 saturated heterocycles. The molecule has 1 heterocycles. The lowest BCUT2D eigenvalue weighted by atomic mass is 10.0. The van der Waals surface area contributed by atoms with Crippen LogP contribution in [0, 0.1) is 6.92 Å². The van der Waals surface area contributed by atoms with Crippen LogP contribution in [0.3, 0.4) is 0 Å². The second kappa shape index (κ2) is 8.94. The Morgan fingerprint density at radius 2 is 1.55 bits per heavy atom. The van der Waals surface area contributed by atoms with Crippen molar-refractivity contribution in [2.45, 2.75) is 26.1 Å². The number of nitrogens with zero attached hydrogens (tertiary/aromatic N) is 2. The van der Waals surface area contributed by atoms with E-state index >= 15 is 0 Å². The molecular weight excluding hydrogens is 429 g/mol. The number of hydrogen-bond donors (Lipinski definition) is 1. The number of para-hydroxylation sites is 1. The average molecular weight is 450 g/mol. The third-order valence-electron chi connectivity index (χ3n) is 5.46. The Labute approximate surface area is 188 Å².